The molecule has 22 heavy (non-hydrogen) atoms. The zero-order chi connectivity index (χ0) is 16.3. The summed E-state index contributed by atoms with van der Waals surface area (Å²) in [7, 11) is 1.75. The molecule has 0 bridgehead atoms. The van der Waals surface area contributed by atoms with Crippen molar-refractivity contribution in [3.63, 3.8) is 0 Å². The second-order valence-electron chi connectivity index (χ2n) is 5.80. The SMILES string of the molecule is C[C@@H]1CN(CCN(C)c2cccc(F)c2[N+](=O)[O-])C[C@H](C)O1. The minimum atomic E-state index is -0.803. The van der Waals surface area contributed by atoms with Crippen molar-refractivity contribution in [3.05, 3.63) is 34.1 Å². The van der Waals surface area contributed by atoms with Gasteiger partial charge >= 0.3 is 5.69 Å². The Kier molecular flexibility index (Phi) is 5.31. The first-order valence-corrected chi connectivity index (χ1v) is 7.40. The van der Waals surface area contributed by atoms with Gasteiger partial charge in [-0.2, -0.15) is 4.39 Å². The quantitative estimate of drug-likeness (QED) is 0.617. The molecule has 0 spiro atoms. The summed E-state index contributed by atoms with van der Waals surface area (Å²) in [5, 5.41) is 11.1. The van der Waals surface area contributed by atoms with Gasteiger partial charge in [0.1, 0.15) is 5.69 Å². The number of benzene rings is 1. The summed E-state index contributed by atoms with van der Waals surface area (Å²) in [6.07, 6.45) is 0.357. The lowest BCUT2D eigenvalue weighted by Gasteiger charge is -2.36. The molecule has 122 valence electrons. The van der Waals surface area contributed by atoms with Crippen LogP contribution in [-0.4, -0.2) is 55.3 Å². The van der Waals surface area contributed by atoms with E-state index in [4.69, 9.17) is 4.74 Å². The van der Waals surface area contributed by atoms with E-state index in [1.807, 2.05) is 13.8 Å². The van der Waals surface area contributed by atoms with Crippen LogP contribution in [0.1, 0.15) is 13.8 Å². The Bertz CT molecular complexity index is 531. The molecule has 7 heteroatoms. The van der Waals surface area contributed by atoms with E-state index in [2.05, 4.69) is 4.90 Å². The van der Waals surface area contributed by atoms with Gasteiger partial charge in [0, 0.05) is 33.2 Å². The third-order valence-corrected chi connectivity index (χ3v) is 3.81. The molecule has 1 aromatic carbocycles. The lowest BCUT2D eigenvalue weighted by Crippen LogP contribution is -2.47. The number of hydrogen-bond donors (Lipinski definition) is 0. The van der Waals surface area contributed by atoms with Crippen LogP contribution in [-0.2, 0) is 4.74 Å². The third-order valence-electron chi connectivity index (χ3n) is 3.81. The van der Waals surface area contributed by atoms with Gasteiger partial charge in [-0.1, -0.05) is 6.07 Å². The van der Waals surface area contributed by atoms with E-state index in [0.29, 0.717) is 12.2 Å². The number of para-hydroxylation sites is 1. The molecule has 1 aliphatic heterocycles. The molecule has 1 aromatic rings. The van der Waals surface area contributed by atoms with Gasteiger partial charge in [0.15, 0.2) is 0 Å². The van der Waals surface area contributed by atoms with Gasteiger partial charge in [0.05, 0.1) is 17.1 Å². The summed E-state index contributed by atoms with van der Waals surface area (Å²) in [6.45, 7) is 7.08. The van der Waals surface area contributed by atoms with Gasteiger partial charge in [-0.15, -0.1) is 0 Å². The normalized spacial score (nSPS) is 22.5. The second kappa shape index (κ2) is 7.02. The zero-order valence-electron chi connectivity index (χ0n) is 13.2. The summed E-state index contributed by atoms with van der Waals surface area (Å²) in [6, 6.07) is 4.18. The fraction of sp³-hybridized carbons (Fsp3) is 0.600. The third kappa shape index (κ3) is 3.92. The summed E-state index contributed by atoms with van der Waals surface area (Å²) < 4.78 is 19.3. The lowest BCUT2D eigenvalue weighted by molar-refractivity contribution is -0.386. The summed E-state index contributed by atoms with van der Waals surface area (Å²) in [4.78, 5) is 14.4. The minimum Gasteiger partial charge on any atom is -0.373 e. The Balaban J connectivity index is 2.02. The molecular weight excluding hydrogens is 289 g/mol. The highest BCUT2D eigenvalue weighted by Gasteiger charge is 2.25. The highest BCUT2D eigenvalue weighted by atomic mass is 19.1. The van der Waals surface area contributed by atoms with E-state index in [1.165, 1.54) is 6.07 Å². The van der Waals surface area contributed by atoms with Crippen LogP contribution >= 0.6 is 0 Å². The van der Waals surface area contributed by atoms with Crippen LogP contribution in [0.15, 0.2) is 18.2 Å². The van der Waals surface area contributed by atoms with E-state index in [9.17, 15) is 14.5 Å². The summed E-state index contributed by atoms with van der Waals surface area (Å²) in [5.74, 6) is -0.803. The molecule has 2 atom stereocenters. The van der Waals surface area contributed by atoms with Gasteiger partial charge in [0.2, 0.25) is 5.82 Å². The maximum atomic E-state index is 13.7. The van der Waals surface area contributed by atoms with E-state index >= 15 is 0 Å². The fourth-order valence-electron chi connectivity index (χ4n) is 2.87. The van der Waals surface area contributed by atoms with Crippen molar-refractivity contribution in [1.29, 1.82) is 0 Å². The van der Waals surface area contributed by atoms with E-state index in [-0.39, 0.29) is 12.2 Å². The average molecular weight is 311 g/mol. The number of hydrogen-bond acceptors (Lipinski definition) is 5. The Morgan fingerprint density at radius 1 is 1.41 bits per heavy atom. The van der Waals surface area contributed by atoms with Crippen molar-refractivity contribution in [2.45, 2.75) is 26.1 Å². The van der Waals surface area contributed by atoms with Crippen molar-refractivity contribution in [3.8, 4) is 0 Å². The molecule has 1 aliphatic rings. The minimum absolute atomic E-state index is 0.178. The molecule has 0 radical (unpaired) electrons. The highest BCUT2D eigenvalue weighted by molar-refractivity contribution is 5.63. The fourth-order valence-corrected chi connectivity index (χ4v) is 2.87. The van der Waals surface area contributed by atoms with Gasteiger partial charge in [-0.25, -0.2) is 0 Å². The highest BCUT2D eigenvalue weighted by Crippen LogP contribution is 2.29. The van der Waals surface area contributed by atoms with E-state index in [1.54, 1.807) is 18.0 Å². The number of anilines is 1. The number of nitro groups is 1. The van der Waals surface area contributed by atoms with Gasteiger partial charge in [-0.05, 0) is 26.0 Å². The molecule has 6 nitrogen and oxygen atoms in total. The van der Waals surface area contributed by atoms with Gasteiger partial charge < -0.3 is 9.64 Å². The van der Waals surface area contributed by atoms with Crippen molar-refractivity contribution in [1.82, 2.24) is 4.90 Å². The number of rotatable bonds is 5. The van der Waals surface area contributed by atoms with Crippen molar-refractivity contribution >= 4 is 11.4 Å². The van der Waals surface area contributed by atoms with E-state index in [0.717, 1.165) is 25.7 Å². The Morgan fingerprint density at radius 2 is 2.05 bits per heavy atom. The van der Waals surface area contributed by atoms with Crippen LogP contribution in [0.5, 0.6) is 0 Å². The molecule has 1 fully saturated rings. The molecule has 0 saturated carbocycles. The number of halogens is 1. The van der Waals surface area contributed by atoms with Crippen LogP contribution in [0.25, 0.3) is 0 Å². The maximum absolute atomic E-state index is 13.7. The number of nitro benzene ring substituents is 1. The molecule has 0 unspecified atom stereocenters. The van der Waals surface area contributed by atoms with Crippen molar-refractivity contribution < 1.29 is 14.1 Å². The Labute approximate surface area is 129 Å². The maximum Gasteiger partial charge on any atom is 0.327 e. The molecule has 2 rings (SSSR count). The molecule has 0 aliphatic carbocycles. The van der Waals surface area contributed by atoms with Gasteiger partial charge in [0.25, 0.3) is 0 Å². The standard InChI is InChI=1S/C15H22FN3O3/c1-11-9-18(10-12(2)22-11)8-7-17(3)14-6-4-5-13(16)15(14)19(20)21/h4-6,11-12H,7-10H2,1-3H3/t11-,12+. The van der Waals surface area contributed by atoms with Crippen LogP contribution in [0.3, 0.4) is 0 Å². The van der Waals surface area contributed by atoms with Crippen molar-refractivity contribution in [2.24, 2.45) is 0 Å². The molecule has 1 heterocycles. The number of nitrogens with zero attached hydrogens (tertiary/aromatic N) is 3. The molecular formula is C15H22FN3O3. The first-order chi connectivity index (χ1) is 10.4. The summed E-state index contributed by atoms with van der Waals surface area (Å²) >= 11 is 0. The lowest BCUT2D eigenvalue weighted by atomic mass is 10.2. The molecule has 0 aromatic heterocycles. The van der Waals surface area contributed by atoms with Crippen LogP contribution in [0.2, 0.25) is 0 Å². The first-order valence-electron chi connectivity index (χ1n) is 7.40. The molecule has 1 saturated heterocycles. The first kappa shape index (κ1) is 16.6. The van der Waals surface area contributed by atoms with Crippen LogP contribution < -0.4 is 4.90 Å². The van der Waals surface area contributed by atoms with E-state index < -0.39 is 16.4 Å². The van der Waals surface area contributed by atoms with Crippen molar-refractivity contribution in [2.75, 3.05) is 38.1 Å². The second-order valence-corrected chi connectivity index (χ2v) is 5.80. The van der Waals surface area contributed by atoms with Gasteiger partial charge in [-0.3, -0.25) is 15.0 Å². The largest absolute Gasteiger partial charge is 0.373 e. The molecule has 0 amide bonds. The summed E-state index contributed by atoms with van der Waals surface area (Å²) in [5.41, 5.74) is -0.159. The number of likely N-dealkylation sites (N-methyl/N-ethyl adjacent to an activating group) is 1. The van der Waals surface area contributed by atoms with Crippen LogP contribution in [0.4, 0.5) is 15.8 Å². The topological polar surface area (TPSA) is 58.9 Å². The van der Waals surface area contributed by atoms with Crippen LogP contribution in [0, 0.1) is 15.9 Å². The number of morpholine rings is 1. The molecule has 0 N–H and O–H groups in total. The number of ether oxygens (including phenoxy) is 1. The Hall–Kier alpha value is -1.73. The smallest absolute Gasteiger partial charge is 0.327 e. The zero-order valence-corrected chi connectivity index (χ0v) is 13.2. The average Bonchev–Trinajstić information content (AvgIpc) is 2.43. The predicted molar refractivity (Wildman–Crippen MR) is 82.8 cm³/mol. The monoisotopic (exact) mass is 311 g/mol. The Morgan fingerprint density at radius 3 is 2.64 bits per heavy atom. The predicted octanol–water partition coefficient (Wildman–Crippen LogP) is 2.28.